The summed E-state index contributed by atoms with van der Waals surface area (Å²) in [6.07, 6.45) is -1.01. The zero-order chi connectivity index (χ0) is 14.6. The lowest BCUT2D eigenvalue weighted by Crippen LogP contribution is -2.44. The molecule has 0 aliphatic carbocycles. The molecule has 2 unspecified atom stereocenters. The highest BCUT2D eigenvalue weighted by Gasteiger charge is 2.40. The Hall–Kier alpha value is -0.330. The second kappa shape index (κ2) is 7.09. The third-order valence-corrected chi connectivity index (χ3v) is 4.47. The summed E-state index contributed by atoms with van der Waals surface area (Å²) in [6.45, 7) is 5.72. The summed E-state index contributed by atoms with van der Waals surface area (Å²) in [5, 5.41) is 3.42. The minimum Gasteiger partial charge on any atom is -0.377 e. The fraction of sp³-hybridized carbons (Fsp3) is 1.00. The van der Waals surface area contributed by atoms with Crippen LogP contribution in [0.4, 0.5) is 13.2 Å². The first-order chi connectivity index (χ1) is 9.47. The normalized spacial score (nSPS) is 27.9. The molecule has 2 fully saturated rings. The lowest BCUT2D eigenvalue weighted by Gasteiger charge is -2.33. The minimum absolute atomic E-state index is 0.241. The van der Waals surface area contributed by atoms with Crippen LogP contribution in [0.3, 0.4) is 0 Å². The maximum atomic E-state index is 12.6. The minimum atomic E-state index is -4.02. The third-order valence-electron chi connectivity index (χ3n) is 4.47. The molecule has 1 N–H and O–H groups in total. The van der Waals surface area contributed by atoms with Gasteiger partial charge in [0, 0.05) is 25.7 Å². The summed E-state index contributed by atoms with van der Waals surface area (Å²) in [7, 11) is 0. The van der Waals surface area contributed by atoms with Gasteiger partial charge in [-0.2, -0.15) is 13.2 Å². The molecule has 0 amide bonds. The fourth-order valence-corrected chi connectivity index (χ4v) is 3.06. The van der Waals surface area contributed by atoms with E-state index < -0.39 is 12.1 Å². The molecule has 2 atom stereocenters. The average molecular weight is 294 g/mol. The number of hydrogen-bond donors (Lipinski definition) is 1. The van der Waals surface area contributed by atoms with Gasteiger partial charge in [0.2, 0.25) is 0 Å². The van der Waals surface area contributed by atoms with Crippen LogP contribution in [0.2, 0.25) is 0 Å². The Morgan fingerprint density at radius 3 is 2.50 bits per heavy atom. The van der Waals surface area contributed by atoms with Crippen LogP contribution in [0.1, 0.15) is 32.6 Å². The molecule has 0 aromatic heterocycles. The van der Waals surface area contributed by atoms with Crippen LogP contribution in [0.25, 0.3) is 0 Å². The van der Waals surface area contributed by atoms with E-state index in [4.69, 9.17) is 4.74 Å². The van der Waals surface area contributed by atoms with Crippen molar-refractivity contribution in [1.29, 1.82) is 0 Å². The van der Waals surface area contributed by atoms with Crippen LogP contribution in [-0.4, -0.2) is 56.0 Å². The van der Waals surface area contributed by atoms with Crippen molar-refractivity contribution in [3.63, 3.8) is 0 Å². The summed E-state index contributed by atoms with van der Waals surface area (Å²) < 4.78 is 43.3. The smallest absolute Gasteiger partial charge is 0.377 e. The molecule has 2 saturated heterocycles. The van der Waals surface area contributed by atoms with Gasteiger partial charge in [-0.25, -0.2) is 0 Å². The first-order valence-electron chi connectivity index (χ1n) is 7.61. The number of hydrogen-bond acceptors (Lipinski definition) is 3. The Bertz CT molecular complexity index is 285. The number of rotatable bonds is 5. The molecular weight excluding hydrogens is 269 g/mol. The van der Waals surface area contributed by atoms with Crippen molar-refractivity contribution in [3.8, 4) is 0 Å². The van der Waals surface area contributed by atoms with Crippen molar-refractivity contribution in [2.24, 2.45) is 5.92 Å². The van der Waals surface area contributed by atoms with Gasteiger partial charge in [0.05, 0.1) is 12.0 Å². The van der Waals surface area contributed by atoms with E-state index in [-0.39, 0.29) is 12.8 Å². The Labute approximate surface area is 118 Å². The number of piperidine rings is 1. The zero-order valence-electron chi connectivity index (χ0n) is 12.1. The van der Waals surface area contributed by atoms with Crippen molar-refractivity contribution >= 4 is 0 Å². The van der Waals surface area contributed by atoms with E-state index >= 15 is 0 Å². The van der Waals surface area contributed by atoms with E-state index in [9.17, 15) is 13.2 Å². The molecule has 3 nitrogen and oxygen atoms in total. The molecule has 0 aromatic carbocycles. The standard InChI is InChI=1S/C14H25F3N2O/c1-11(13-3-2-10-20-13)18-6-9-19-7-4-12(5-8-19)14(15,16)17/h11-13,18H,2-10H2,1H3. The Morgan fingerprint density at radius 1 is 1.25 bits per heavy atom. The summed E-state index contributed by atoms with van der Waals surface area (Å²) in [6, 6.07) is 0.324. The molecule has 2 aliphatic rings. The molecule has 2 heterocycles. The molecule has 0 saturated carbocycles. The first-order valence-corrected chi connectivity index (χ1v) is 7.61. The Balaban J connectivity index is 1.59. The monoisotopic (exact) mass is 294 g/mol. The van der Waals surface area contributed by atoms with E-state index in [0.29, 0.717) is 25.2 Å². The summed E-state index contributed by atoms with van der Waals surface area (Å²) in [4.78, 5) is 2.12. The van der Waals surface area contributed by atoms with Gasteiger partial charge in [0.25, 0.3) is 0 Å². The van der Waals surface area contributed by atoms with E-state index in [1.807, 2.05) is 0 Å². The molecule has 0 bridgehead atoms. The second-order valence-electron chi connectivity index (χ2n) is 5.95. The molecule has 2 aliphatic heterocycles. The molecule has 20 heavy (non-hydrogen) atoms. The number of alkyl halides is 3. The number of nitrogens with one attached hydrogen (secondary N) is 1. The van der Waals surface area contributed by atoms with Crippen LogP contribution >= 0.6 is 0 Å². The van der Waals surface area contributed by atoms with Crippen molar-refractivity contribution in [2.75, 3.05) is 32.8 Å². The highest BCUT2D eigenvalue weighted by atomic mass is 19.4. The van der Waals surface area contributed by atoms with E-state index in [0.717, 1.165) is 32.5 Å². The van der Waals surface area contributed by atoms with E-state index in [2.05, 4.69) is 17.1 Å². The second-order valence-corrected chi connectivity index (χ2v) is 5.95. The topological polar surface area (TPSA) is 24.5 Å². The van der Waals surface area contributed by atoms with Gasteiger partial charge in [-0.1, -0.05) is 0 Å². The van der Waals surface area contributed by atoms with Crippen molar-refractivity contribution in [2.45, 2.75) is 50.9 Å². The SMILES string of the molecule is CC(NCCN1CCC(C(F)(F)F)CC1)C1CCCO1. The van der Waals surface area contributed by atoms with Crippen LogP contribution in [0, 0.1) is 5.92 Å². The van der Waals surface area contributed by atoms with Crippen LogP contribution in [0.15, 0.2) is 0 Å². The molecule has 0 aromatic rings. The molecular formula is C14H25F3N2O. The highest BCUT2D eigenvalue weighted by Crippen LogP contribution is 2.33. The average Bonchev–Trinajstić information content (AvgIpc) is 2.92. The largest absolute Gasteiger partial charge is 0.391 e. The van der Waals surface area contributed by atoms with Crippen LogP contribution < -0.4 is 5.32 Å². The summed E-state index contributed by atoms with van der Waals surface area (Å²) in [5.74, 6) is -1.10. The number of halogens is 3. The zero-order valence-corrected chi connectivity index (χ0v) is 12.1. The molecule has 0 spiro atoms. The van der Waals surface area contributed by atoms with Gasteiger partial charge >= 0.3 is 6.18 Å². The van der Waals surface area contributed by atoms with Crippen LogP contribution in [-0.2, 0) is 4.74 Å². The van der Waals surface area contributed by atoms with E-state index in [1.165, 1.54) is 0 Å². The summed E-state index contributed by atoms with van der Waals surface area (Å²) >= 11 is 0. The molecule has 6 heteroatoms. The van der Waals surface area contributed by atoms with Gasteiger partial charge in [0.15, 0.2) is 0 Å². The molecule has 2 rings (SSSR count). The number of ether oxygens (including phenoxy) is 1. The van der Waals surface area contributed by atoms with Gasteiger partial charge < -0.3 is 15.0 Å². The maximum absolute atomic E-state index is 12.6. The van der Waals surface area contributed by atoms with Gasteiger partial charge in [-0.15, -0.1) is 0 Å². The Morgan fingerprint density at radius 2 is 1.95 bits per heavy atom. The Kier molecular flexibility index (Phi) is 5.69. The lowest BCUT2D eigenvalue weighted by atomic mass is 9.96. The van der Waals surface area contributed by atoms with Gasteiger partial charge in [0.1, 0.15) is 0 Å². The predicted octanol–water partition coefficient (Wildman–Crippen LogP) is 2.42. The van der Waals surface area contributed by atoms with Crippen molar-refractivity contribution in [1.82, 2.24) is 10.2 Å². The van der Waals surface area contributed by atoms with E-state index in [1.54, 1.807) is 0 Å². The van der Waals surface area contributed by atoms with Crippen molar-refractivity contribution < 1.29 is 17.9 Å². The number of likely N-dealkylation sites (tertiary alicyclic amines) is 1. The first kappa shape index (κ1) is 16.0. The number of nitrogens with zero attached hydrogens (tertiary/aromatic N) is 1. The van der Waals surface area contributed by atoms with Gasteiger partial charge in [-0.05, 0) is 45.7 Å². The quantitative estimate of drug-likeness (QED) is 0.843. The van der Waals surface area contributed by atoms with Crippen molar-refractivity contribution in [3.05, 3.63) is 0 Å². The highest BCUT2D eigenvalue weighted by molar-refractivity contribution is 4.79. The molecule has 0 radical (unpaired) electrons. The molecule has 118 valence electrons. The van der Waals surface area contributed by atoms with Gasteiger partial charge in [-0.3, -0.25) is 0 Å². The lowest BCUT2D eigenvalue weighted by molar-refractivity contribution is -0.184. The third kappa shape index (κ3) is 4.60. The van der Waals surface area contributed by atoms with Crippen LogP contribution in [0.5, 0.6) is 0 Å². The summed E-state index contributed by atoms with van der Waals surface area (Å²) in [5.41, 5.74) is 0. The fourth-order valence-electron chi connectivity index (χ4n) is 3.06. The predicted molar refractivity (Wildman–Crippen MR) is 71.7 cm³/mol. The maximum Gasteiger partial charge on any atom is 0.391 e.